The zero-order chi connectivity index (χ0) is 16.4. The summed E-state index contributed by atoms with van der Waals surface area (Å²) in [6.45, 7) is 2.57. The van der Waals surface area contributed by atoms with Crippen molar-refractivity contribution in [2.45, 2.75) is 30.7 Å². The highest BCUT2D eigenvalue weighted by molar-refractivity contribution is 7.89. The Morgan fingerprint density at radius 2 is 2.05 bits per heavy atom. The average molecular weight is 340 g/mol. The van der Waals surface area contributed by atoms with Gasteiger partial charge in [0.25, 0.3) is 0 Å². The summed E-state index contributed by atoms with van der Waals surface area (Å²) in [6.07, 6.45) is 0.247. The van der Waals surface area contributed by atoms with Gasteiger partial charge in [0.15, 0.2) is 5.82 Å². The molecule has 0 fully saturated rings. The molecule has 6 nitrogen and oxygen atoms in total. The number of aliphatic hydroxyl groups is 1. The predicted molar refractivity (Wildman–Crippen MR) is 74.5 cm³/mol. The lowest BCUT2D eigenvalue weighted by atomic mass is 10.0. The number of halogens is 2. The molecule has 118 valence electrons. The second kappa shape index (κ2) is 6.27. The topological polar surface area (TPSA) is 104 Å². The molecule has 1 atom stereocenters. The minimum Gasteiger partial charge on any atom is -0.478 e. The summed E-state index contributed by atoms with van der Waals surface area (Å²) < 4.78 is 40.6. The lowest BCUT2D eigenvalue weighted by Gasteiger charge is -2.27. The molecule has 0 aliphatic rings. The Kier molecular flexibility index (Phi) is 5.32. The van der Waals surface area contributed by atoms with E-state index in [1.807, 2.05) is 0 Å². The van der Waals surface area contributed by atoms with Gasteiger partial charge in [0, 0.05) is 5.02 Å². The summed E-state index contributed by atoms with van der Waals surface area (Å²) >= 11 is 5.64. The molecule has 0 aliphatic carbocycles. The molecule has 0 aliphatic heterocycles. The second-order valence-electron chi connectivity index (χ2n) is 4.75. The summed E-state index contributed by atoms with van der Waals surface area (Å²) in [5.41, 5.74) is -2.04. The van der Waals surface area contributed by atoms with Crippen molar-refractivity contribution in [1.82, 2.24) is 4.72 Å². The largest absolute Gasteiger partial charge is 0.478 e. The van der Waals surface area contributed by atoms with Crippen LogP contribution in [0.2, 0.25) is 5.02 Å². The van der Waals surface area contributed by atoms with Crippen LogP contribution in [0.15, 0.2) is 17.0 Å². The Balaban J connectivity index is 3.42. The van der Waals surface area contributed by atoms with Gasteiger partial charge in [-0.15, -0.1) is 0 Å². The molecule has 0 heterocycles. The fourth-order valence-corrected chi connectivity index (χ4v) is 3.39. The van der Waals surface area contributed by atoms with Crippen LogP contribution in [0, 0.1) is 5.82 Å². The van der Waals surface area contributed by atoms with E-state index in [9.17, 15) is 22.7 Å². The van der Waals surface area contributed by atoms with E-state index in [4.69, 9.17) is 16.7 Å². The summed E-state index contributed by atoms with van der Waals surface area (Å²) in [6, 6.07) is 1.64. The number of carboxylic acids is 1. The van der Waals surface area contributed by atoms with E-state index in [1.165, 1.54) is 6.92 Å². The van der Waals surface area contributed by atoms with Gasteiger partial charge in [0.2, 0.25) is 10.0 Å². The maximum absolute atomic E-state index is 14.1. The molecule has 1 aromatic rings. The van der Waals surface area contributed by atoms with E-state index in [0.717, 1.165) is 12.1 Å². The average Bonchev–Trinajstić information content (AvgIpc) is 2.39. The summed E-state index contributed by atoms with van der Waals surface area (Å²) in [5, 5.41) is 17.8. The minimum atomic E-state index is -4.38. The molecule has 1 unspecified atom stereocenters. The number of sulfonamides is 1. The van der Waals surface area contributed by atoms with Crippen LogP contribution < -0.4 is 4.72 Å². The van der Waals surface area contributed by atoms with E-state index in [1.54, 1.807) is 6.92 Å². The number of benzene rings is 1. The molecule has 1 aromatic carbocycles. The Bertz CT molecular complexity index is 658. The maximum Gasteiger partial charge on any atom is 0.338 e. The number of carboxylic acid groups (broad SMARTS) is 1. The van der Waals surface area contributed by atoms with Gasteiger partial charge in [-0.05, 0) is 25.5 Å². The number of hydrogen-bond donors (Lipinski definition) is 3. The molecule has 1 rings (SSSR count). The molecule has 3 N–H and O–H groups in total. The number of aliphatic hydroxyl groups excluding tert-OH is 1. The van der Waals surface area contributed by atoms with Crippen LogP contribution in [0.25, 0.3) is 0 Å². The van der Waals surface area contributed by atoms with Gasteiger partial charge in [-0.3, -0.25) is 0 Å². The van der Waals surface area contributed by atoms with Gasteiger partial charge in [-0.1, -0.05) is 18.5 Å². The standard InChI is InChI=1S/C12H15ClFNO5S/c1-3-12(2,6-16)15-21(19,20)9-5-7(13)4-8(10(9)14)11(17)18/h4-5,15-16H,3,6H2,1-2H3,(H,17,18). The monoisotopic (exact) mass is 339 g/mol. The molecule has 0 amide bonds. The van der Waals surface area contributed by atoms with Crippen molar-refractivity contribution < 1.29 is 27.8 Å². The quantitative estimate of drug-likeness (QED) is 0.730. The van der Waals surface area contributed by atoms with E-state index >= 15 is 0 Å². The first-order valence-electron chi connectivity index (χ1n) is 5.93. The fraction of sp³-hybridized carbons (Fsp3) is 0.417. The highest BCUT2D eigenvalue weighted by Crippen LogP contribution is 2.25. The molecule has 0 saturated carbocycles. The van der Waals surface area contributed by atoms with Gasteiger partial charge >= 0.3 is 5.97 Å². The molecule has 0 bridgehead atoms. The first-order chi connectivity index (χ1) is 9.56. The number of carbonyl (C=O) groups is 1. The zero-order valence-electron chi connectivity index (χ0n) is 11.4. The third-order valence-corrected chi connectivity index (χ3v) is 4.89. The van der Waals surface area contributed by atoms with Crippen LogP contribution >= 0.6 is 11.6 Å². The van der Waals surface area contributed by atoms with E-state index in [-0.39, 0.29) is 11.4 Å². The number of rotatable bonds is 6. The van der Waals surface area contributed by atoms with E-state index in [2.05, 4.69) is 4.72 Å². The van der Waals surface area contributed by atoms with Crippen molar-refractivity contribution in [1.29, 1.82) is 0 Å². The van der Waals surface area contributed by atoms with Crippen molar-refractivity contribution in [2.24, 2.45) is 0 Å². The molecule has 0 saturated heterocycles. The molecule has 21 heavy (non-hydrogen) atoms. The summed E-state index contributed by atoms with van der Waals surface area (Å²) in [5.74, 6) is -3.04. The van der Waals surface area contributed by atoms with Gasteiger partial charge in [0.1, 0.15) is 4.90 Å². The zero-order valence-corrected chi connectivity index (χ0v) is 12.9. The molecule has 0 radical (unpaired) electrons. The highest BCUT2D eigenvalue weighted by Gasteiger charge is 2.32. The highest BCUT2D eigenvalue weighted by atomic mass is 35.5. The van der Waals surface area contributed by atoms with Crippen LogP contribution in [0.3, 0.4) is 0 Å². The molecular weight excluding hydrogens is 325 g/mol. The maximum atomic E-state index is 14.1. The number of aromatic carboxylic acids is 1. The summed E-state index contributed by atoms with van der Waals surface area (Å²) in [7, 11) is -4.38. The number of nitrogens with one attached hydrogen (secondary N) is 1. The third-order valence-electron chi connectivity index (χ3n) is 3.03. The van der Waals surface area contributed by atoms with Crippen LogP contribution in [-0.4, -0.2) is 36.7 Å². The normalized spacial score (nSPS) is 14.7. The SMILES string of the molecule is CCC(C)(CO)NS(=O)(=O)c1cc(Cl)cc(C(=O)O)c1F. The third kappa shape index (κ3) is 3.91. The molecular formula is C12H15ClFNO5S. The predicted octanol–water partition coefficient (Wildman–Crippen LogP) is 1.62. The second-order valence-corrected chi connectivity index (χ2v) is 6.84. The van der Waals surface area contributed by atoms with Gasteiger partial charge in [-0.2, -0.15) is 0 Å². The Hall–Kier alpha value is -1.22. The first-order valence-corrected chi connectivity index (χ1v) is 7.79. The molecule has 9 heteroatoms. The minimum absolute atomic E-state index is 0.226. The van der Waals surface area contributed by atoms with Crippen LogP contribution in [-0.2, 0) is 10.0 Å². The number of hydrogen-bond acceptors (Lipinski definition) is 4. The summed E-state index contributed by atoms with van der Waals surface area (Å²) in [4.78, 5) is 10.0. The van der Waals surface area contributed by atoms with Gasteiger partial charge < -0.3 is 10.2 Å². The van der Waals surface area contributed by atoms with E-state index < -0.39 is 44.4 Å². The van der Waals surface area contributed by atoms with Crippen molar-refractivity contribution in [2.75, 3.05) is 6.61 Å². The Morgan fingerprint density at radius 1 is 1.48 bits per heavy atom. The van der Waals surface area contributed by atoms with Gasteiger partial charge in [-0.25, -0.2) is 22.3 Å². The van der Waals surface area contributed by atoms with Gasteiger partial charge in [0.05, 0.1) is 17.7 Å². The lowest BCUT2D eigenvalue weighted by molar-refractivity contribution is 0.0691. The van der Waals surface area contributed by atoms with Crippen molar-refractivity contribution in [3.05, 3.63) is 28.5 Å². The van der Waals surface area contributed by atoms with Crippen LogP contribution in [0.1, 0.15) is 30.6 Å². The van der Waals surface area contributed by atoms with Crippen molar-refractivity contribution in [3.63, 3.8) is 0 Å². The Labute approximate surface area is 126 Å². The van der Waals surface area contributed by atoms with Crippen molar-refractivity contribution in [3.8, 4) is 0 Å². The Morgan fingerprint density at radius 3 is 2.48 bits per heavy atom. The first kappa shape index (κ1) is 17.8. The molecule has 0 aromatic heterocycles. The molecule has 0 spiro atoms. The van der Waals surface area contributed by atoms with Crippen LogP contribution in [0.4, 0.5) is 4.39 Å². The lowest BCUT2D eigenvalue weighted by Crippen LogP contribution is -2.48. The van der Waals surface area contributed by atoms with E-state index in [0.29, 0.717) is 0 Å². The fourth-order valence-electron chi connectivity index (χ4n) is 1.51. The van der Waals surface area contributed by atoms with Crippen molar-refractivity contribution >= 4 is 27.6 Å². The smallest absolute Gasteiger partial charge is 0.338 e. The van der Waals surface area contributed by atoms with Crippen LogP contribution in [0.5, 0.6) is 0 Å².